The van der Waals surface area contributed by atoms with Gasteiger partial charge in [0.15, 0.2) is 0 Å². The van der Waals surface area contributed by atoms with Crippen LogP contribution in [0.4, 0.5) is 10.1 Å². The summed E-state index contributed by atoms with van der Waals surface area (Å²) in [5.41, 5.74) is 6.80. The number of carbonyl (C=O) groups is 1. The quantitative estimate of drug-likeness (QED) is 0.358. The summed E-state index contributed by atoms with van der Waals surface area (Å²) >= 11 is 0. The number of rotatable bonds is 3. The number of hydrogen-bond donors (Lipinski definition) is 2. The molecule has 0 aliphatic heterocycles. The highest BCUT2D eigenvalue weighted by atomic mass is 19.1. The third kappa shape index (κ3) is 4.68. The van der Waals surface area contributed by atoms with Gasteiger partial charge in [-0.2, -0.15) is 10.6 Å². The average molecular weight is 283 g/mol. The van der Waals surface area contributed by atoms with Crippen LogP contribution in [0.25, 0.3) is 0 Å². The Labute approximate surface area is 112 Å². The maximum Gasteiger partial charge on any atom is 0.329 e. The number of nitrogens with two attached hydrogens (primary N) is 1. The zero-order valence-corrected chi connectivity index (χ0v) is 10.2. The Morgan fingerprint density at radius 2 is 2.30 bits per heavy atom. The molecule has 20 heavy (non-hydrogen) atoms. The lowest BCUT2D eigenvalue weighted by Gasteiger charge is -2.00. The molecule has 0 aliphatic carbocycles. The summed E-state index contributed by atoms with van der Waals surface area (Å²) < 4.78 is 13.3. The topological polar surface area (TPSA) is 132 Å². The number of hydroxylamine groups is 1. The highest BCUT2D eigenvalue weighted by Gasteiger charge is 2.09. The fraction of sp³-hybridized carbons (Fsp3) is 0.100. The number of nitro groups is 1. The van der Waals surface area contributed by atoms with Crippen LogP contribution in [0.1, 0.15) is 12.5 Å². The predicted molar refractivity (Wildman–Crippen MR) is 67.2 cm³/mol. The molecule has 10 heteroatoms. The SMILES string of the molecule is CC(=O)ONC(N)=NN=Cc1cc([N+](=O)[O-])ccc1F. The molecule has 106 valence electrons. The second-order valence-electron chi connectivity index (χ2n) is 3.39. The third-order valence-corrected chi connectivity index (χ3v) is 1.85. The van der Waals surface area contributed by atoms with Gasteiger partial charge in [0.1, 0.15) is 5.82 Å². The molecule has 0 spiro atoms. The Hall–Kier alpha value is -3.04. The van der Waals surface area contributed by atoms with Crippen LogP contribution in [0, 0.1) is 15.9 Å². The first-order valence-electron chi connectivity index (χ1n) is 5.14. The fourth-order valence-corrected chi connectivity index (χ4v) is 1.04. The van der Waals surface area contributed by atoms with Crippen molar-refractivity contribution in [2.45, 2.75) is 6.92 Å². The van der Waals surface area contributed by atoms with E-state index >= 15 is 0 Å². The van der Waals surface area contributed by atoms with E-state index in [0.29, 0.717) is 0 Å². The van der Waals surface area contributed by atoms with Crippen molar-refractivity contribution in [3.63, 3.8) is 0 Å². The van der Waals surface area contributed by atoms with Gasteiger partial charge >= 0.3 is 5.97 Å². The van der Waals surface area contributed by atoms with Gasteiger partial charge in [0.25, 0.3) is 5.69 Å². The van der Waals surface area contributed by atoms with Gasteiger partial charge in [-0.25, -0.2) is 4.39 Å². The molecule has 0 aromatic heterocycles. The molecule has 1 aromatic carbocycles. The van der Waals surface area contributed by atoms with Crippen molar-refractivity contribution in [3.8, 4) is 0 Å². The normalized spacial score (nSPS) is 11.4. The highest BCUT2D eigenvalue weighted by Crippen LogP contribution is 2.15. The second kappa shape index (κ2) is 6.78. The third-order valence-electron chi connectivity index (χ3n) is 1.85. The van der Waals surface area contributed by atoms with Crippen molar-refractivity contribution < 1.29 is 18.9 Å². The summed E-state index contributed by atoms with van der Waals surface area (Å²) in [4.78, 5) is 24.6. The molecule has 0 bridgehead atoms. The van der Waals surface area contributed by atoms with Gasteiger partial charge in [-0.15, -0.1) is 5.10 Å². The number of non-ortho nitro benzene ring substituents is 1. The van der Waals surface area contributed by atoms with Gasteiger partial charge in [0.2, 0.25) is 5.96 Å². The van der Waals surface area contributed by atoms with Crippen LogP contribution >= 0.6 is 0 Å². The van der Waals surface area contributed by atoms with Gasteiger partial charge in [0.05, 0.1) is 11.1 Å². The molecule has 0 fully saturated rings. The van der Waals surface area contributed by atoms with Crippen LogP contribution in [0.5, 0.6) is 0 Å². The van der Waals surface area contributed by atoms with Crippen molar-refractivity contribution in [3.05, 3.63) is 39.7 Å². The largest absolute Gasteiger partial charge is 0.366 e. The Morgan fingerprint density at radius 1 is 1.60 bits per heavy atom. The molecule has 0 aliphatic rings. The molecule has 1 rings (SSSR count). The first-order valence-corrected chi connectivity index (χ1v) is 5.14. The van der Waals surface area contributed by atoms with Gasteiger partial charge in [-0.3, -0.25) is 14.9 Å². The first kappa shape index (κ1) is 15.0. The molecule has 0 saturated heterocycles. The number of nitrogens with zero attached hydrogens (tertiary/aromatic N) is 3. The second-order valence-corrected chi connectivity index (χ2v) is 3.39. The molecule has 0 amide bonds. The number of benzene rings is 1. The van der Waals surface area contributed by atoms with E-state index in [4.69, 9.17) is 5.73 Å². The van der Waals surface area contributed by atoms with Crippen LogP contribution in [0.2, 0.25) is 0 Å². The van der Waals surface area contributed by atoms with Crippen molar-refractivity contribution in [2.24, 2.45) is 15.9 Å². The number of nitro benzene ring substituents is 1. The van der Waals surface area contributed by atoms with Crippen LogP contribution in [0.3, 0.4) is 0 Å². The molecule has 0 saturated carbocycles. The monoisotopic (exact) mass is 283 g/mol. The van der Waals surface area contributed by atoms with E-state index in [9.17, 15) is 19.3 Å². The van der Waals surface area contributed by atoms with Crippen LogP contribution < -0.4 is 11.2 Å². The van der Waals surface area contributed by atoms with Crippen LogP contribution in [0.15, 0.2) is 28.4 Å². The maximum atomic E-state index is 13.3. The molecule has 0 atom stereocenters. The molecule has 0 unspecified atom stereocenters. The van der Waals surface area contributed by atoms with E-state index in [1.165, 1.54) is 0 Å². The molecular weight excluding hydrogens is 273 g/mol. The van der Waals surface area contributed by atoms with Crippen molar-refractivity contribution in [1.82, 2.24) is 5.48 Å². The lowest BCUT2D eigenvalue weighted by Crippen LogP contribution is -2.32. The number of hydrogen-bond acceptors (Lipinski definition) is 6. The molecule has 0 heterocycles. The van der Waals surface area contributed by atoms with Gasteiger partial charge in [-0.1, -0.05) is 0 Å². The van der Waals surface area contributed by atoms with E-state index in [2.05, 4.69) is 15.0 Å². The lowest BCUT2D eigenvalue weighted by molar-refractivity contribution is -0.384. The van der Waals surface area contributed by atoms with Crippen LogP contribution in [-0.4, -0.2) is 23.1 Å². The van der Waals surface area contributed by atoms with Crippen molar-refractivity contribution in [2.75, 3.05) is 0 Å². The van der Waals surface area contributed by atoms with E-state index in [1.807, 2.05) is 5.48 Å². The van der Waals surface area contributed by atoms with Crippen LogP contribution in [-0.2, 0) is 9.63 Å². The van der Waals surface area contributed by atoms with Crippen molar-refractivity contribution >= 4 is 23.8 Å². The molecule has 0 radical (unpaired) electrons. The number of carbonyl (C=O) groups excluding carboxylic acids is 1. The summed E-state index contributed by atoms with van der Waals surface area (Å²) in [6, 6.07) is 2.94. The van der Waals surface area contributed by atoms with Gasteiger partial charge in [-0.05, 0) is 6.07 Å². The summed E-state index contributed by atoms with van der Waals surface area (Å²) in [7, 11) is 0. The standard InChI is InChI=1S/C10H10FN5O4/c1-6(17)20-15-10(12)14-13-5-7-4-8(16(18)19)2-3-9(7)11/h2-5H,1H3,(H3,12,14,15). The minimum Gasteiger partial charge on any atom is -0.366 e. The maximum absolute atomic E-state index is 13.3. The Balaban J connectivity index is 2.79. The highest BCUT2D eigenvalue weighted by molar-refractivity contribution is 5.83. The molecule has 1 aromatic rings. The zero-order valence-electron chi connectivity index (χ0n) is 10.2. The Kier molecular flexibility index (Phi) is 5.09. The average Bonchev–Trinajstić information content (AvgIpc) is 2.38. The van der Waals surface area contributed by atoms with E-state index in [1.54, 1.807) is 0 Å². The smallest absolute Gasteiger partial charge is 0.329 e. The number of nitrogens with one attached hydrogen (secondary N) is 1. The number of halogens is 1. The van der Waals surface area contributed by atoms with Gasteiger partial charge < -0.3 is 10.6 Å². The summed E-state index contributed by atoms with van der Waals surface area (Å²) in [6.07, 6.45) is 0.935. The molecular formula is C10H10FN5O4. The summed E-state index contributed by atoms with van der Waals surface area (Å²) in [6.45, 7) is 1.14. The van der Waals surface area contributed by atoms with Gasteiger partial charge in [0, 0.05) is 24.6 Å². The van der Waals surface area contributed by atoms with E-state index in [-0.39, 0.29) is 17.2 Å². The van der Waals surface area contributed by atoms with Crippen molar-refractivity contribution in [1.29, 1.82) is 0 Å². The molecule has 3 N–H and O–H groups in total. The lowest BCUT2D eigenvalue weighted by atomic mass is 10.2. The zero-order chi connectivity index (χ0) is 15.1. The summed E-state index contributed by atoms with van der Waals surface area (Å²) in [5.74, 6) is -1.69. The Morgan fingerprint density at radius 3 is 2.90 bits per heavy atom. The van der Waals surface area contributed by atoms with E-state index in [0.717, 1.165) is 31.3 Å². The number of guanidine groups is 1. The minimum absolute atomic E-state index is 0.136. The van der Waals surface area contributed by atoms with E-state index < -0.39 is 16.7 Å². The first-order chi connectivity index (χ1) is 9.40. The fourth-order valence-electron chi connectivity index (χ4n) is 1.04. The predicted octanol–water partition coefficient (Wildman–Crippen LogP) is 0.450. The molecule has 9 nitrogen and oxygen atoms in total. The summed E-state index contributed by atoms with van der Waals surface area (Å²) in [5, 5.41) is 17.3. The minimum atomic E-state index is -0.707. The Bertz CT molecular complexity index is 587.